The lowest BCUT2D eigenvalue weighted by atomic mass is 9.96. The third-order valence-electron chi connectivity index (χ3n) is 2.54. The van der Waals surface area contributed by atoms with Gasteiger partial charge in [0.05, 0.1) is 12.7 Å². The van der Waals surface area contributed by atoms with Crippen LogP contribution in [0.2, 0.25) is 0 Å². The molecule has 1 aliphatic heterocycles. The van der Waals surface area contributed by atoms with E-state index in [1.165, 1.54) is 0 Å². The minimum atomic E-state index is -1.11. The van der Waals surface area contributed by atoms with Crippen LogP contribution in [0.3, 0.4) is 0 Å². The Balaban J connectivity index is 2.40. The highest BCUT2D eigenvalue weighted by atomic mass is 16.6. The first-order valence-electron chi connectivity index (χ1n) is 5.07. The number of carboxylic acid groups (broad SMARTS) is 2. The maximum Gasteiger partial charge on any atom is 0.404 e. The summed E-state index contributed by atoms with van der Waals surface area (Å²) in [6.45, 7) is 2.60. The van der Waals surface area contributed by atoms with Crippen molar-refractivity contribution in [2.24, 2.45) is 5.92 Å². The van der Waals surface area contributed by atoms with E-state index in [2.05, 4.69) is 10.6 Å². The van der Waals surface area contributed by atoms with E-state index in [4.69, 9.17) is 14.9 Å². The van der Waals surface area contributed by atoms with Crippen LogP contribution < -0.4 is 10.6 Å². The van der Waals surface area contributed by atoms with Gasteiger partial charge in [-0.1, -0.05) is 0 Å². The lowest BCUT2D eigenvalue weighted by molar-refractivity contribution is 0.179. The van der Waals surface area contributed by atoms with Gasteiger partial charge in [0.1, 0.15) is 0 Å². The van der Waals surface area contributed by atoms with Crippen molar-refractivity contribution in [2.75, 3.05) is 13.2 Å². The number of epoxide rings is 1. The lowest BCUT2D eigenvalue weighted by Gasteiger charge is -2.22. The van der Waals surface area contributed by atoms with E-state index in [9.17, 15) is 9.59 Å². The number of hydrogen-bond donors (Lipinski definition) is 4. The number of amides is 2. The van der Waals surface area contributed by atoms with Crippen LogP contribution in [-0.2, 0) is 4.74 Å². The molecule has 3 atom stereocenters. The van der Waals surface area contributed by atoms with Crippen molar-refractivity contribution in [2.45, 2.75) is 25.5 Å². The Kier molecular flexibility index (Phi) is 4.36. The Morgan fingerprint density at radius 2 is 2.06 bits per heavy atom. The molecular formula is C9H16N2O5. The third kappa shape index (κ3) is 4.83. The molecule has 0 spiro atoms. The Morgan fingerprint density at radius 1 is 1.44 bits per heavy atom. The maximum atomic E-state index is 10.5. The molecule has 0 aromatic carbocycles. The van der Waals surface area contributed by atoms with E-state index in [0.717, 1.165) is 0 Å². The number of hydrogen-bond acceptors (Lipinski definition) is 3. The topological polar surface area (TPSA) is 111 Å². The highest BCUT2D eigenvalue weighted by Crippen LogP contribution is 2.21. The molecule has 1 heterocycles. The maximum absolute atomic E-state index is 10.5. The number of nitrogens with one attached hydrogen (secondary N) is 2. The molecule has 0 saturated carbocycles. The molecule has 7 nitrogen and oxygen atoms in total. The van der Waals surface area contributed by atoms with Crippen LogP contribution in [0.1, 0.15) is 13.3 Å². The molecule has 1 rings (SSSR count). The Hall–Kier alpha value is -1.50. The van der Waals surface area contributed by atoms with Gasteiger partial charge in [0.2, 0.25) is 0 Å². The molecule has 1 saturated heterocycles. The first-order valence-corrected chi connectivity index (χ1v) is 5.07. The molecule has 0 bridgehead atoms. The number of rotatable bonds is 6. The summed E-state index contributed by atoms with van der Waals surface area (Å²) >= 11 is 0. The molecule has 0 radical (unpaired) electrons. The van der Waals surface area contributed by atoms with Crippen molar-refractivity contribution in [1.82, 2.24) is 10.6 Å². The molecule has 7 heteroatoms. The third-order valence-corrected chi connectivity index (χ3v) is 2.54. The predicted molar refractivity (Wildman–Crippen MR) is 54.5 cm³/mol. The van der Waals surface area contributed by atoms with Crippen LogP contribution >= 0.6 is 0 Å². The van der Waals surface area contributed by atoms with Crippen LogP contribution in [0, 0.1) is 5.92 Å². The van der Waals surface area contributed by atoms with Gasteiger partial charge >= 0.3 is 12.2 Å². The van der Waals surface area contributed by atoms with Gasteiger partial charge in [-0.05, 0) is 19.3 Å². The molecule has 92 valence electrons. The second-order valence-corrected chi connectivity index (χ2v) is 3.88. The second-order valence-electron chi connectivity index (χ2n) is 3.88. The van der Waals surface area contributed by atoms with Gasteiger partial charge in [0.15, 0.2) is 0 Å². The molecule has 1 unspecified atom stereocenters. The van der Waals surface area contributed by atoms with Gasteiger partial charge in [0, 0.05) is 12.6 Å². The molecule has 16 heavy (non-hydrogen) atoms. The van der Waals surface area contributed by atoms with Crippen LogP contribution in [-0.4, -0.2) is 47.7 Å². The Labute approximate surface area is 92.8 Å². The highest BCUT2D eigenvalue weighted by Gasteiger charge is 2.30. The van der Waals surface area contributed by atoms with Crippen LogP contribution in [0.25, 0.3) is 0 Å². The van der Waals surface area contributed by atoms with E-state index in [1.807, 2.05) is 0 Å². The zero-order valence-electron chi connectivity index (χ0n) is 8.97. The summed E-state index contributed by atoms with van der Waals surface area (Å²) in [5.41, 5.74) is 0. The van der Waals surface area contributed by atoms with E-state index in [0.29, 0.717) is 13.0 Å². The van der Waals surface area contributed by atoms with E-state index >= 15 is 0 Å². The van der Waals surface area contributed by atoms with Crippen molar-refractivity contribution < 1.29 is 24.5 Å². The molecule has 1 fully saturated rings. The van der Waals surface area contributed by atoms with Crippen LogP contribution in [0.15, 0.2) is 0 Å². The molecule has 0 aliphatic carbocycles. The summed E-state index contributed by atoms with van der Waals surface area (Å²) in [6.07, 6.45) is -1.42. The van der Waals surface area contributed by atoms with Gasteiger partial charge in [-0.15, -0.1) is 0 Å². The Bertz CT molecular complexity index is 267. The van der Waals surface area contributed by atoms with Crippen LogP contribution in [0.5, 0.6) is 0 Å². The highest BCUT2D eigenvalue weighted by molar-refractivity contribution is 5.65. The van der Waals surface area contributed by atoms with Crippen molar-refractivity contribution in [3.05, 3.63) is 0 Å². The monoisotopic (exact) mass is 232 g/mol. The lowest BCUT2D eigenvalue weighted by Crippen LogP contribution is -2.43. The average Bonchev–Trinajstić information content (AvgIpc) is 2.94. The quantitative estimate of drug-likeness (QED) is 0.493. The first kappa shape index (κ1) is 12.6. The van der Waals surface area contributed by atoms with Crippen LogP contribution in [0.4, 0.5) is 9.59 Å². The van der Waals surface area contributed by atoms with Crippen molar-refractivity contribution >= 4 is 12.2 Å². The van der Waals surface area contributed by atoms with Gasteiger partial charge in [-0.3, -0.25) is 0 Å². The molecule has 2 amide bonds. The van der Waals surface area contributed by atoms with Crippen molar-refractivity contribution in [1.29, 1.82) is 0 Å². The fourth-order valence-electron chi connectivity index (χ4n) is 1.54. The number of carbonyl (C=O) groups is 2. The minimum Gasteiger partial charge on any atom is -0.465 e. The fraction of sp³-hybridized carbons (Fsp3) is 0.778. The summed E-state index contributed by atoms with van der Waals surface area (Å²) in [6, 6.07) is -0.312. The normalized spacial score (nSPS) is 21.9. The largest absolute Gasteiger partial charge is 0.465 e. The summed E-state index contributed by atoms with van der Waals surface area (Å²) in [5, 5.41) is 21.7. The van der Waals surface area contributed by atoms with Crippen molar-refractivity contribution in [3.63, 3.8) is 0 Å². The van der Waals surface area contributed by atoms with Crippen molar-refractivity contribution in [3.8, 4) is 0 Å². The van der Waals surface area contributed by atoms with Gasteiger partial charge in [-0.2, -0.15) is 0 Å². The summed E-state index contributed by atoms with van der Waals surface area (Å²) in [5.74, 6) is -0.0975. The number of ether oxygens (including phenoxy) is 1. The standard InChI is InChI=1S/C9H16N2O5/c1-5(11-9(14)15)6(2-7-4-16-7)3-10-8(12)13/h5-7,10-11H,2-4H2,1H3,(H,12,13)(H,14,15)/t5-,6+,7?/m1/s1. The molecule has 0 aromatic rings. The first-order chi connectivity index (χ1) is 7.49. The fourth-order valence-corrected chi connectivity index (χ4v) is 1.54. The molecule has 4 N–H and O–H groups in total. The Morgan fingerprint density at radius 3 is 2.50 bits per heavy atom. The van der Waals surface area contributed by atoms with E-state index < -0.39 is 12.2 Å². The average molecular weight is 232 g/mol. The second kappa shape index (κ2) is 5.55. The molecular weight excluding hydrogens is 216 g/mol. The van der Waals surface area contributed by atoms with Gasteiger partial charge in [0.25, 0.3) is 0 Å². The molecule has 1 aliphatic rings. The summed E-state index contributed by atoms with van der Waals surface area (Å²) < 4.78 is 5.05. The summed E-state index contributed by atoms with van der Waals surface area (Å²) in [4.78, 5) is 20.8. The zero-order valence-corrected chi connectivity index (χ0v) is 8.97. The zero-order chi connectivity index (χ0) is 12.1. The minimum absolute atomic E-state index is 0.0975. The summed E-state index contributed by atoms with van der Waals surface area (Å²) in [7, 11) is 0. The van der Waals surface area contributed by atoms with E-state index in [-0.39, 0.29) is 24.6 Å². The smallest absolute Gasteiger partial charge is 0.404 e. The van der Waals surface area contributed by atoms with Gasteiger partial charge < -0.3 is 25.6 Å². The molecule has 0 aromatic heterocycles. The predicted octanol–water partition coefficient (Wildman–Crippen LogP) is 0.315. The SMILES string of the molecule is C[C@@H](NC(=O)O)[C@H](CNC(=O)O)CC1CO1. The van der Waals surface area contributed by atoms with E-state index in [1.54, 1.807) is 6.92 Å². The van der Waals surface area contributed by atoms with Gasteiger partial charge in [-0.25, -0.2) is 9.59 Å².